The molecule has 0 bridgehead atoms. The van der Waals surface area contributed by atoms with Gasteiger partial charge in [0, 0.05) is 0 Å². The molecule has 1 N–H and O–H groups in total. The van der Waals surface area contributed by atoms with Gasteiger partial charge in [-0.2, -0.15) is 0 Å². The number of anilines is 1. The zero-order valence-corrected chi connectivity index (χ0v) is 11.0. The first kappa shape index (κ1) is 12.3. The lowest BCUT2D eigenvalue weighted by Gasteiger charge is -2.05. The van der Waals surface area contributed by atoms with E-state index in [-0.39, 0.29) is 15.4 Å². The minimum atomic E-state index is -0.375. The second-order valence-electron chi connectivity index (χ2n) is 3.30. The normalized spacial score (nSPS) is 10.3. The molecular weight excluding hydrogens is 281 g/mol. The van der Waals surface area contributed by atoms with Crippen molar-refractivity contribution >= 4 is 46.1 Å². The van der Waals surface area contributed by atoms with Crippen LogP contribution in [0.15, 0.2) is 18.2 Å². The van der Waals surface area contributed by atoms with Crippen molar-refractivity contribution in [2.45, 2.75) is 6.92 Å². The Morgan fingerprint density at radius 3 is 2.71 bits per heavy atom. The molecule has 0 spiro atoms. The van der Waals surface area contributed by atoms with E-state index in [1.807, 2.05) is 13.0 Å². The summed E-state index contributed by atoms with van der Waals surface area (Å²) < 4.78 is 0.227. The zero-order chi connectivity index (χ0) is 12.4. The highest BCUT2D eigenvalue weighted by atomic mass is 35.5. The third-order valence-electron chi connectivity index (χ3n) is 1.97. The molecule has 17 heavy (non-hydrogen) atoms. The fourth-order valence-corrected chi connectivity index (χ4v) is 2.20. The first-order chi connectivity index (χ1) is 8.06. The molecule has 1 amide bonds. The van der Waals surface area contributed by atoms with Crippen LogP contribution in [0.4, 0.5) is 5.69 Å². The summed E-state index contributed by atoms with van der Waals surface area (Å²) in [6.45, 7) is 1.92. The number of hydrogen-bond donors (Lipinski definition) is 1. The molecule has 0 radical (unpaired) electrons. The Labute approximate surface area is 112 Å². The number of aromatic nitrogens is 2. The summed E-state index contributed by atoms with van der Waals surface area (Å²) in [5.74, 6) is -0.375. The van der Waals surface area contributed by atoms with Gasteiger partial charge in [0.15, 0.2) is 0 Å². The molecule has 0 aliphatic heterocycles. The van der Waals surface area contributed by atoms with E-state index in [0.29, 0.717) is 10.7 Å². The van der Waals surface area contributed by atoms with Gasteiger partial charge in [0.1, 0.15) is 0 Å². The molecule has 7 heteroatoms. The van der Waals surface area contributed by atoms with E-state index in [2.05, 4.69) is 15.5 Å². The van der Waals surface area contributed by atoms with Crippen molar-refractivity contribution < 1.29 is 4.79 Å². The van der Waals surface area contributed by atoms with E-state index in [9.17, 15) is 4.79 Å². The van der Waals surface area contributed by atoms with Crippen LogP contribution in [0, 0.1) is 6.92 Å². The third-order valence-corrected chi connectivity index (χ3v) is 3.30. The van der Waals surface area contributed by atoms with Gasteiger partial charge < -0.3 is 5.32 Å². The zero-order valence-electron chi connectivity index (χ0n) is 8.70. The average molecular weight is 288 g/mol. The Kier molecular flexibility index (Phi) is 3.61. The molecule has 0 saturated heterocycles. The summed E-state index contributed by atoms with van der Waals surface area (Å²) in [7, 11) is 0. The van der Waals surface area contributed by atoms with Crippen molar-refractivity contribution in [1.82, 2.24) is 10.2 Å². The molecule has 0 aliphatic carbocycles. The fourth-order valence-electron chi connectivity index (χ4n) is 1.19. The third kappa shape index (κ3) is 2.94. The van der Waals surface area contributed by atoms with Crippen LogP contribution in [0.1, 0.15) is 15.4 Å². The number of benzene rings is 1. The summed E-state index contributed by atoms with van der Waals surface area (Å²) >= 11 is 12.6. The van der Waals surface area contributed by atoms with Crippen LogP contribution in [0.5, 0.6) is 0 Å². The Morgan fingerprint density at radius 2 is 2.12 bits per heavy atom. The lowest BCUT2D eigenvalue weighted by Crippen LogP contribution is -2.11. The highest BCUT2D eigenvalue weighted by Crippen LogP contribution is 2.24. The molecule has 0 unspecified atom stereocenters. The van der Waals surface area contributed by atoms with Gasteiger partial charge in [-0.3, -0.25) is 4.79 Å². The van der Waals surface area contributed by atoms with Crippen LogP contribution in [0.3, 0.4) is 0 Å². The summed E-state index contributed by atoms with van der Waals surface area (Å²) in [5.41, 5.74) is 1.56. The van der Waals surface area contributed by atoms with Gasteiger partial charge in [-0.1, -0.05) is 29.0 Å². The van der Waals surface area contributed by atoms with Crippen LogP contribution in [-0.2, 0) is 0 Å². The van der Waals surface area contributed by atoms with Crippen molar-refractivity contribution in [3.63, 3.8) is 0 Å². The van der Waals surface area contributed by atoms with E-state index in [4.69, 9.17) is 23.2 Å². The van der Waals surface area contributed by atoms with Crippen molar-refractivity contribution in [3.05, 3.63) is 38.3 Å². The lowest BCUT2D eigenvalue weighted by atomic mass is 10.2. The average Bonchev–Trinajstić information content (AvgIpc) is 2.69. The minimum Gasteiger partial charge on any atom is -0.318 e. The smallest absolute Gasteiger partial charge is 0.286 e. The number of rotatable bonds is 2. The summed E-state index contributed by atoms with van der Waals surface area (Å²) in [5, 5.41) is 10.5. The number of hydrogen-bond acceptors (Lipinski definition) is 4. The molecule has 0 fully saturated rings. The first-order valence-electron chi connectivity index (χ1n) is 4.63. The molecule has 2 aromatic rings. The molecule has 1 heterocycles. The van der Waals surface area contributed by atoms with Crippen molar-refractivity contribution in [2.24, 2.45) is 0 Å². The Hall–Kier alpha value is -1.17. The summed E-state index contributed by atoms with van der Waals surface area (Å²) in [4.78, 5) is 11.7. The molecule has 0 aliphatic rings. The fraction of sp³-hybridized carbons (Fsp3) is 0.100. The van der Waals surface area contributed by atoms with Gasteiger partial charge >= 0.3 is 0 Å². The number of amides is 1. The predicted molar refractivity (Wildman–Crippen MR) is 69.1 cm³/mol. The maximum Gasteiger partial charge on any atom is 0.286 e. The standard InChI is InChI=1S/C10H7Cl2N3OS/c1-5-2-3-7(6(11)4-5)13-8(16)9-14-15-10(12)17-9/h2-4H,1H3,(H,13,16). The quantitative estimate of drug-likeness (QED) is 0.921. The predicted octanol–water partition coefficient (Wildman–Crippen LogP) is 3.41. The van der Waals surface area contributed by atoms with Crippen molar-refractivity contribution in [1.29, 1.82) is 0 Å². The topological polar surface area (TPSA) is 54.9 Å². The molecule has 4 nitrogen and oxygen atoms in total. The second kappa shape index (κ2) is 5.00. The maximum atomic E-state index is 11.7. The number of halogens is 2. The largest absolute Gasteiger partial charge is 0.318 e. The number of nitrogens with zero attached hydrogens (tertiary/aromatic N) is 2. The molecule has 0 atom stereocenters. The van der Waals surface area contributed by atoms with E-state index < -0.39 is 0 Å². The van der Waals surface area contributed by atoms with E-state index in [1.54, 1.807) is 12.1 Å². The highest BCUT2D eigenvalue weighted by Gasteiger charge is 2.13. The van der Waals surface area contributed by atoms with Crippen molar-refractivity contribution in [2.75, 3.05) is 5.32 Å². The van der Waals surface area contributed by atoms with Gasteiger partial charge in [0.2, 0.25) is 9.47 Å². The van der Waals surface area contributed by atoms with Gasteiger partial charge in [0.25, 0.3) is 5.91 Å². The number of carbonyl (C=O) groups excluding carboxylic acids is 1. The monoisotopic (exact) mass is 287 g/mol. The van der Waals surface area contributed by atoms with Crippen molar-refractivity contribution in [3.8, 4) is 0 Å². The van der Waals surface area contributed by atoms with Crippen LogP contribution in [-0.4, -0.2) is 16.1 Å². The van der Waals surface area contributed by atoms with Crippen LogP contribution < -0.4 is 5.32 Å². The number of carbonyl (C=O) groups is 1. The molecule has 2 rings (SSSR count). The Bertz CT molecular complexity index is 570. The van der Waals surface area contributed by atoms with Gasteiger partial charge in [-0.15, -0.1) is 10.2 Å². The maximum absolute atomic E-state index is 11.7. The summed E-state index contributed by atoms with van der Waals surface area (Å²) in [6.07, 6.45) is 0. The molecule has 1 aromatic heterocycles. The minimum absolute atomic E-state index is 0.201. The van der Waals surface area contributed by atoms with E-state index >= 15 is 0 Å². The molecule has 0 saturated carbocycles. The molecule has 1 aromatic carbocycles. The van der Waals surface area contributed by atoms with Crippen LogP contribution >= 0.6 is 34.5 Å². The Morgan fingerprint density at radius 1 is 1.35 bits per heavy atom. The SMILES string of the molecule is Cc1ccc(NC(=O)c2nnc(Cl)s2)c(Cl)c1. The Balaban J connectivity index is 2.18. The summed E-state index contributed by atoms with van der Waals surface area (Å²) in [6, 6.07) is 5.36. The van der Waals surface area contributed by atoms with Crippen LogP contribution in [0.2, 0.25) is 9.49 Å². The lowest BCUT2D eigenvalue weighted by molar-refractivity contribution is 0.102. The molecular formula is C10H7Cl2N3OS. The first-order valence-corrected chi connectivity index (χ1v) is 6.20. The second-order valence-corrected chi connectivity index (χ2v) is 5.26. The number of aryl methyl sites for hydroxylation is 1. The van der Waals surface area contributed by atoms with Crippen LogP contribution in [0.25, 0.3) is 0 Å². The van der Waals surface area contributed by atoms with E-state index in [0.717, 1.165) is 16.9 Å². The number of nitrogens with one attached hydrogen (secondary N) is 1. The van der Waals surface area contributed by atoms with Gasteiger partial charge in [-0.25, -0.2) is 0 Å². The van der Waals surface area contributed by atoms with Gasteiger partial charge in [0.05, 0.1) is 10.7 Å². The highest BCUT2D eigenvalue weighted by molar-refractivity contribution is 7.17. The molecule has 88 valence electrons. The van der Waals surface area contributed by atoms with Gasteiger partial charge in [-0.05, 0) is 36.2 Å². The van der Waals surface area contributed by atoms with E-state index in [1.165, 1.54) is 0 Å².